The molecule has 2 aromatic rings. The molecule has 146 valence electrons. The molecule has 2 amide bonds. The van der Waals surface area contributed by atoms with Crippen LogP contribution >= 0.6 is 0 Å². The number of hydrogen-bond donors (Lipinski definition) is 2. The molecule has 27 heavy (non-hydrogen) atoms. The van der Waals surface area contributed by atoms with Crippen LogP contribution in [0.1, 0.15) is 18.9 Å². The maximum Gasteiger partial charge on any atom is 0.324 e. The highest BCUT2D eigenvalue weighted by atomic mass is 16.5. The number of carbonyl (C=O) groups excluding carboxylic acids is 1. The topological polar surface area (TPSA) is 80.7 Å². The number of piperidine rings is 1. The average molecular weight is 373 g/mol. The summed E-state index contributed by atoms with van der Waals surface area (Å²) in [6.45, 7) is 3.71. The molecule has 0 saturated carbocycles. The lowest BCUT2D eigenvalue weighted by atomic mass is 10.1. The minimum Gasteiger partial charge on any atom is -0.495 e. The second-order valence-corrected chi connectivity index (χ2v) is 6.51. The van der Waals surface area contributed by atoms with Crippen molar-refractivity contribution in [1.82, 2.24) is 14.7 Å². The molecule has 0 unspecified atom stereocenters. The lowest BCUT2D eigenvalue weighted by Gasteiger charge is -2.32. The van der Waals surface area contributed by atoms with Crippen LogP contribution in [0.15, 0.2) is 36.5 Å². The van der Waals surface area contributed by atoms with E-state index in [0.717, 1.165) is 39.1 Å². The van der Waals surface area contributed by atoms with Crippen molar-refractivity contribution in [3.05, 3.63) is 36.5 Å². The van der Waals surface area contributed by atoms with E-state index in [0.29, 0.717) is 17.3 Å². The fourth-order valence-corrected chi connectivity index (χ4v) is 3.33. The largest absolute Gasteiger partial charge is 0.495 e. The average Bonchev–Trinajstić information content (AvgIpc) is 3.15. The maximum absolute atomic E-state index is 12.4. The number of nitrogens with one attached hydrogen (secondary N) is 2. The monoisotopic (exact) mass is 373 g/mol. The zero-order valence-corrected chi connectivity index (χ0v) is 15.9. The van der Waals surface area contributed by atoms with Crippen molar-refractivity contribution in [2.75, 3.05) is 51.1 Å². The first kappa shape index (κ1) is 19.2. The summed E-state index contributed by atoms with van der Waals surface area (Å²) in [6, 6.07) is 9.08. The summed E-state index contributed by atoms with van der Waals surface area (Å²) in [6.07, 6.45) is 3.71. The van der Waals surface area contributed by atoms with Gasteiger partial charge in [-0.25, -0.2) is 9.48 Å². The molecule has 1 aromatic carbocycles. The Kier molecular flexibility index (Phi) is 6.67. The lowest BCUT2D eigenvalue weighted by Crippen LogP contribution is -2.37. The van der Waals surface area contributed by atoms with E-state index in [-0.39, 0.29) is 12.1 Å². The number of urea groups is 1. The standard InChI is InChI=1S/C19H27N5O3/c1-26-14-13-23-11-8-15(9-12-23)24-18(7-10-20-24)22-19(25)21-16-5-3-4-6-17(16)27-2/h3-7,10,15H,8-9,11-14H2,1-2H3,(H2,21,22,25). The van der Waals surface area contributed by atoms with Crippen LogP contribution in [0.3, 0.4) is 0 Å². The quantitative estimate of drug-likeness (QED) is 0.780. The van der Waals surface area contributed by atoms with Crippen molar-refractivity contribution < 1.29 is 14.3 Å². The molecule has 1 saturated heterocycles. The first-order valence-corrected chi connectivity index (χ1v) is 9.17. The second-order valence-electron chi connectivity index (χ2n) is 6.51. The minimum absolute atomic E-state index is 0.278. The van der Waals surface area contributed by atoms with Gasteiger partial charge < -0.3 is 19.7 Å². The predicted molar refractivity (Wildman–Crippen MR) is 104 cm³/mol. The van der Waals surface area contributed by atoms with E-state index in [4.69, 9.17) is 9.47 Å². The van der Waals surface area contributed by atoms with Gasteiger partial charge in [0.25, 0.3) is 0 Å². The van der Waals surface area contributed by atoms with E-state index in [1.54, 1.807) is 32.5 Å². The first-order valence-electron chi connectivity index (χ1n) is 9.17. The number of amides is 2. The number of ether oxygens (including phenoxy) is 2. The van der Waals surface area contributed by atoms with Crippen LogP contribution in [0.4, 0.5) is 16.3 Å². The molecule has 1 aliphatic heterocycles. The summed E-state index contributed by atoms with van der Waals surface area (Å²) >= 11 is 0. The molecule has 0 atom stereocenters. The fraction of sp³-hybridized carbons (Fsp3) is 0.474. The summed E-state index contributed by atoms with van der Waals surface area (Å²) < 4.78 is 12.3. The SMILES string of the molecule is COCCN1CCC(n2nccc2NC(=O)Nc2ccccc2OC)CC1. The molecule has 3 rings (SSSR count). The Morgan fingerprint density at radius 3 is 2.70 bits per heavy atom. The summed E-state index contributed by atoms with van der Waals surface area (Å²) in [4.78, 5) is 14.8. The number of benzene rings is 1. The number of aromatic nitrogens is 2. The third-order valence-electron chi connectivity index (χ3n) is 4.78. The summed E-state index contributed by atoms with van der Waals surface area (Å²) in [5.41, 5.74) is 0.620. The van der Waals surface area contributed by atoms with Crippen molar-refractivity contribution in [3.8, 4) is 5.75 Å². The number of likely N-dealkylation sites (tertiary alicyclic amines) is 1. The molecule has 8 nitrogen and oxygen atoms in total. The predicted octanol–water partition coefficient (Wildman–Crippen LogP) is 2.82. The van der Waals surface area contributed by atoms with E-state index < -0.39 is 0 Å². The molecular formula is C19H27N5O3. The third kappa shape index (κ3) is 4.99. The van der Waals surface area contributed by atoms with Gasteiger partial charge in [-0.3, -0.25) is 5.32 Å². The highest BCUT2D eigenvalue weighted by Crippen LogP contribution is 2.26. The Hall–Kier alpha value is -2.58. The fourth-order valence-electron chi connectivity index (χ4n) is 3.33. The Morgan fingerprint density at radius 2 is 1.96 bits per heavy atom. The first-order chi connectivity index (χ1) is 13.2. The lowest BCUT2D eigenvalue weighted by molar-refractivity contribution is 0.120. The number of nitrogens with zero attached hydrogens (tertiary/aromatic N) is 3. The molecule has 2 heterocycles. The van der Waals surface area contributed by atoms with Gasteiger partial charge in [0.2, 0.25) is 0 Å². The molecule has 1 aliphatic rings. The molecular weight excluding hydrogens is 346 g/mol. The van der Waals surface area contributed by atoms with Crippen LogP contribution in [-0.4, -0.2) is 61.2 Å². The Balaban J connectivity index is 1.58. The molecule has 1 fully saturated rings. The van der Waals surface area contributed by atoms with E-state index in [1.807, 2.05) is 22.9 Å². The van der Waals surface area contributed by atoms with Gasteiger partial charge in [0, 0.05) is 32.8 Å². The second kappa shape index (κ2) is 9.38. The molecule has 1 aromatic heterocycles. The molecule has 0 bridgehead atoms. The molecule has 0 spiro atoms. The zero-order valence-electron chi connectivity index (χ0n) is 15.9. The van der Waals surface area contributed by atoms with Crippen molar-refractivity contribution in [1.29, 1.82) is 0 Å². The molecule has 2 N–H and O–H groups in total. The maximum atomic E-state index is 12.4. The van der Waals surface area contributed by atoms with Gasteiger partial charge in [0.05, 0.1) is 31.6 Å². The molecule has 0 radical (unpaired) electrons. The number of anilines is 2. The zero-order chi connectivity index (χ0) is 19.1. The molecule has 8 heteroatoms. The van der Waals surface area contributed by atoms with Crippen LogP contribution in [-0.2, 0) is 4.74 Å². The highest BCUT2D eigenvalue weighted by Gasteiger charge is 2.23. The number of para-hydroxylation sites is 2. The van der Waals surface area contributed by atoms with Crippen LogP contribution in [0, 0.1) is 0 Å². The third-order valence-corrected chi connectivity index (χ3v) is 4.78. The van der Waals surface area contributed by atoms with Crippen molar-refractivity contribution in [3.63, 3.8) is 0 Å². The van der Waals surface area contributed by atoms with Crippen molar-refractivity contribution in [2.45, 2.75) is 18.9 Å². The number of carbonyl (C=O) groups is 1. The normalized spacial score (nSPS) is 15.5. The van der Waals surface area contributed by atoms with Gasteiger partial charge in [0.15, 0.2) is 0 Å². The summed E-state index contributed by atoms with van der Waals surface area (Å²) in [5, 5.41) is 10.1. The van der Waals surface area contributed by atoms with Crippen molar-refractivity contribution >= 4 is 17.5 Å². The number of hydrogen-bond acceptors (Lipinski definition) is 5. The van der Waals surface area contributed by atoms with Gasteiger partial charge >= 0.3 is 6.03 Å². The number of methoxy groups -OCH3 is 2. The van der Waals surface area contributed by atoms with E-state index in [9.17, 15) is 4.79 Å². The van der Waals surface area contributed by atoms with Crippen LogP contribution in [0.2, 0.25) is 0 Å². The van der Waals surface area contributed by atoms with Gasteiger partial charge in [-0.2, -0.15) is 5.10 Å². The Labute approximate surface area is 159 Å². The smallest absolute Gasteiger partial charge is 0.324 e. The Bertz CT molecular complexity index is 740. The number of rotatable bonds is 7. The Morgan fingerprint density at radius 1 is 1.19 bits per heavy atom. The minimum atomic E-state index is -0.321. The van der Waals surface area contributed by atoms with Crippen LogP contribution in [0.25, 0.3) is 0 Å². The van der Waals surface area contributed by atoms with E-state index in [1.165, 1.54) is 0 Å². The van der Waals surface area contributed by atoms with Gasteiger partial charge in [-0.05, 0) is 25.0 Å². The van der Waals surface area contributed by atoms with Crippen molar-refractivity contribution in [2.24, 2.45) is 0 Å². The van der Waals surface area contributed by atoms with E-state index >= 15 is 0 Å². The van der Waals surface area contributed by atoms with Gasteiger partial charge in [0.1, 0.15) is 11.6 Å². The summed E-state index contributed by atoms with van der Waals surface area (Å²) in [5.74, 6) is 1.31. The van der Waals surface area contributed by atoms with E-state index in [2.05, 4.69) is 20.6 Å². The summed E-state index contributed by atoms with van der Waals surface area (Å²) in [7, 11) is 3.30. The van der Waals surface area contributed by atoms with Crippen LogP contribution < -0.4 is 15.4 Å². The highest BCUT2D eigenvalue weighted by molar-refractivity contribution is 6.00. The van der Waals surface area contributed by atoms with Gasteiger partial charge in [-0.15, -0.1) is 0 Å². The molecule has 0 aliphatic carbocycles. The van der Waals surface area contributed by atoms with Gasteiger partial charge in [-0.1, -0.05) is 12.1 Å². The van der Waals surface area contributed by atoms with Crippen LogP contribution in [0.5, 0.6) is 5.75 Å².